The fourth-order valence-electron chi connectivity index (χ4n) is 3.12. The Labute approximate surface area is 192 Å². The minimum Gasteiger partial charge on any atom is -0.454 e. The van der Waals surface area contributed by atoms with Gasteiger partial charge in [-0.25, -0.2) is 13.8 Å². The number of fused-ring (bicyclic) bond motifs is 1. The molecule has 6 nitrogen and oxygen atoms in total. The topological polar surface area (TPSA) is 58.1 Å². The van der Waals surface area contributed by atoms with E-state index in [0.29, 0.717) is 24.8 Å². The number of benzene rings is 2. The van der Waals surface area contributed by atoms with Gasteiger partial charge in [-0.1, -0.05) is 12.1 Å². The predicted octanol–water partition coefficient (Wildman–Crippen LogP) is 3.67. The molecule has 1 aliphatic rings. The van der Waals surface area contributed by atoms with Gasteiger partial charge in [-0.05, 0) is 50.8 Å². The molecule has 0 saturated carbocycles. The number of aliphatic imine (C=N–C) groups is 1. The highest BCUT2D eigenvalue weighted by molar-refractivity contribution is 14.0. The number of hydrogen-bond donors (Lipinski definition) is 2. The van der Waals surface area contributed by atoms with Crippen LogP contribution in [0.3, 0.4) is 0 Å². The van der Waals surface area contributed by atoms with Gasteiger partial charge in [-0.2, -0.15) is 0 Å². The quantitative estimate of drug-likeness (QED) is 0.324. The van der Waals surface area contributed by atoms with Crippen LogP contribution in [-0.2, 0) is 6.54 Å². The van der Waals surface area contributed by atoms with Crippen LogP contribution in [0.2, 0.25) is 0 Å². The third kappa shape index (κ3) is 5.94. The molecule has 164 valence electrons. The van der Waals surface area contributed by atoms with Crippen LogP contribution >= 0.6 is 24.0 Å². The van der Waals surface area contributed by atoms with Crippen molar-refractivity contribution < 1.29 is 18.3 Å². The van der Waals surface area contributed by atoms with E-state index in [9.17, 15) is 8.78 Å². The molecule has 2 N–H and O–H groups in total. The fourth-order valence-corrected chi connectivity index (χ4v) is 3.12. The van der Waals surface area contributed by atoms with Gasteiger partial charge in [0.05, 0.1) is 12.6 Å². The zero-order valence-electron chi connectivity index (χ0n) is 17.2. The van der Waals surface area contributed by atoms with Gasteiger partial charge in [0.15, 0.2) is 17.5 Å². The second-order valence-corrected chi connectivity index (χ2v) is 6.88. The van der Waals surface area contributed by atoms with Gasteiger partial charge in [0.2, 0.25) is 6.79 Å². The molecule has 1 atom stereocenters. The first-order valence-electron chi connectivity index (χ1n) is 9.50. The lowest BCUT2D eigenvalue weighted by molar-refractivity contribution is 0.174. The van der Waals surface area contributed by atoms with Gasteiger partial charge in [-0.15, -0.1) is 24.0 Å². The van der Waals surface area contributed by atoms with Crippen molar-refractivity contribution in [2.24, 2.45) is 4.99 Å². The van der Waals surface area contributed by atoms with E-state index in [1.165, 1.54) is 18.2 Å². The molecule has 0 amide bonds. The highest BCUT2D eigenvalue weighted by Gasteiger charge is 2.22. The van der Waals surface area contributed by atoms with Crippen LogP contribution in [0.4, 0.5) is 8.78 Å². The molecule has 0 fully saturated rings. The van der Waals surface area contributed by atoms with Gasteiger partial charge in [-0.3, -0.25) is 0 Å². The third-order valence-electron chi connectivity index (χ3n) is 4.62. The number of halogens is 3. The molecule has 0 aliphatic carbocycles. The molecule has 9 heteroatoms. The molecule has 2 aromatic rings. The Hall–Kier alpha value is -2.14. The summed E-state index contributed by atoms with van der Waals surface area (Å²) in [7, 11) is 3.57. The maximum atomic E-state index is 14.2. The van der Waals surface area contributed by atoms with Crippen molar-refractivity contribution in [3.63, 3.8) is 0 Å². The Bertz CT molecular complexity index is 860. The van der Waals surface area contributed by atoms with Gasteiger partial charge >= 0.3 is 0 Å². The number of ether oxygens (including phenoxy) is 2. The molecule has 0 saturated heterocycles. The lowest BCUT2D eigenvalue weighted by Crippen LogP contribution is -2.42. The van der Waals surface area contributed by atoms with Gasteiger partial charge < -0.3 is 25.0 Å². The maximum absolute atomic E-state index is 14.2. The molecular formula is C21H27F2IN4O2. The van der Waals surface area contributed by atoms with Crippen LogP contribution in [0.15, 0.2) is 41.4 Å². The van der Waals surface area contributed by atoms with Crippen molar-refractivity contribution in [1.82, 2.24) is 15.5 Å². The van der Waals surface area contributed by atoms with Crippen LogP contribution in [0.1, 0.15) is 24.1 Å². The fraction of sp³-hybridized carbons (Fsp3) is 0.381. The third-order valence-corrected chi connectivity index (χ3v) is 4.62. The molecule has 3 rings (SSSR count). The highest BCUT2D eigenvalue weighted by atomic mass is 127. The molecule has 0 spiro atoms. The summed E-state index contributed by atoms with van der Waals surface area (Å²) < 4.78 is 39.2. The van der Waals surface area contributed by atoms with E-state index in [1.54, 1.807) is 19.0 Å². The molecule has 0 aromatic heterocycles. The van der Waals surface area contributed by atoms with E-state index in [4.69, 9.17) is 9.47 Å². The standard InChI is InChI=1S/C21H26F2N4O2.HI/c1-4-24-21(25-11-14-8-9-18-19(10-14)29-13-28-18)26-12-17(27(2)3)20-15(22)6-5-7-16(20)23;/h5-10,17H,4,11-13H2,1-3H3,(H2,24,25,26);1H. The summed E-state index contributed by atoms with van der Waals surface area (Å²) in [6.07, 6.45) is 0. The van der Waals surface area contributed by atoms with Crippen LogP contribution in [-0.4, -0.2) is 44.8 Å². The van der Waals surface area contributed by atoms with Crippen molar-refractivity contribution >= 4 is 29.9 Å². The number of nitrogens with one attached hydrogen (secondary N) is 2. The Morgan fingerprint density at radius 1 is 1.10 bits per heavy atom. The first-order valence-corrected chi connectivity index (χ1v) is 9.50. The van der Waals surface area contributed by atoms with Crippen molar-refractivity contribution in [2.75, 3.05) is 34.0 Å². The predicted molar refractivity (Wildman–Crippen MR) is 124 cm³/mol. The smallest absolute Gasteiger partial charge is 0.231 e. The second kappa shape index (κ2) is 11.3. The van der Waals surface area contributed by atoms with Crippen LogP contribution in [0.5, 0.6) is 11.5 Å². The zero-order valence-corrected chi connectivity index (χ0v) is 19.6. The summed E-state index contributed by atoms with van der Waals surface area (Å²) in [6.45, 7) is 3.56. The summed E-state index contributed by atoms with van der Waals surface area (Å²) >= 11 is 0. The summed E-state index contributed by atoms with van der Waals surface area (Å²) in [4.78, 5) is 6.34. The molecule has 30 heavy (non-hydrogen) atoms. The number of hydrogen-bond acceptors (Lipinski definition) is 4. The summed E-state index contributed by atoms with van der Waals surface area (Å²) in [5.74, 6) is 0.872. The SMILES string of the molecule is CCNC(=NCc1ccc2c(c1)OCO2)NCC(c1c(F)cccc1F)N(C)C.I. The lowest BCUT2D eigenvalue weighted by atomic mass is 10.0. The van der Waals surface area contributed by atoms with E-state index < -0.39 is 17.7 Å². The van der Waals surface area contributed by atoms with Gasteiger partial charge in [0.25, 0.3) is 0 Å². The Balaban J connectivity index is 0.00000320. The lowest BCUT2D eigenvalue weighted by Gasteiger charge is -2.26. The maximum Gasteiger partial charge on any atom is 0.231 e. The minimum absolute atomic E-state index is 0. The average molecular weight is 532 g/mol. The van der Waals surface area contributed by atoms with Gasteiger partial charge in [0, 0.05) is 18.7 Å². The normalized spacial score (nSPS) is 13.7. The van der Waals surface area contributed by atoms with Crippen LogP contribution in [0.25, 0.3) is 0 Å². The Morgan fingerprint density at radius 2 is 1.80 bits per heavy atom. The minimum atomic E-state index is -0.562. The summed E-state index contributed by atoms with van der Waals surface area (Å²) in [6, 6.07) is 9.10. The highest BCUT2D eigenvalue weighted by Crippen LogP contribution is 2.32. The van der Waals surface area contributed by atoms with Crippen molar-refractivity contribution in [2.45, 2.75) is 19.5 Å². The number of guanidine groups is 1. The molecule has 0 radical (unpaired) electrons. The van der Waals surface area contributed by atoms with Crippen molar-refractivity contribution in [3.8, 4) is 11.5 Å². The van der Waals surface area contributed by atoms with Crippen molar-refractivity contribution in [3.05, 3.63) is 59.2 Å². The molecule has 1 aliphatic heterocycles. The van der Waals surface area contributed by atoms with E-state index in [2.05, 4.69) is 15.6 Å². The molecule has 1 unspecified atom stereocenters. The number of likely N-dealkylation sites (N-methyl/N-ethyl adjacent to an activating group) is 1. The Kier molecular flexibility index (Phi) is 9.09. The molecule has 0 bridgehead atoms. The summed E-state index contributed by atoms with van der Waals surface area (Å²) in [5.41, 5.74) is 1.01. The van der Waals surface area contributed by atoms with E-state index in [0.717, 1.165) is 11.3 Å². The van der Waals surface area contributed by atoms with Crippen LogP contribution in [0, 0.1) is 11.6 Å². The zero-order chi connectivity index (χ0) is 20.8. The number of rotatable bonds is 7. The number of nitrogens with zero attached hydrogens (tertiary/aromatic N) is 2. The van der Waals surface area contributed by atoms with E-state index in [-0.39, 0.29) is 42.9 Å². The van der Waals surface area contributed by atoms with E-state index in [1.807, 2.05) is 25.1 Å². The van der Waals surface area contributed by atoms with Gasteiger partial charge in [0.1, 0.15) is 11.6 Å². The molecule has 1 heterocycles. The monoisotopic (exact) mass is 532 g/mol. The first-order chi connectivity index (χ1) is 14.0. The molecule has 2 aromatic carbocycles. The van der Waals surface area contributed by atoms with Crippen molar-refractivity contribution in [1.29, 1.82) is 0 Å². The van der Waals surface area contributed by atoms with E-state index >= 15 is 0 Å². The molecular weight excluding hydrogens is 505 g/mol. The average Bonchev–Trinajstić information content (AvgIpc) is 3.15. The Morgan fingerprint density at radius 3 is 2.47 bits per heavy atom. The van der Waals surface area contributed by atoms with Crippen LogP contribution < -0.4 is 20.1 Å². The largest absolute Gasteiger partial charge is 0.454 e. The second-order valence-electron chi connectivity index (χ2n) is 6.88. The summed E-state index contributed by atoms with van der Waals surface area (Å²) in [5, 5.41) is 6.34. The first kappa shape index (κ1) is 24.1.